The number of benzene rings is 2. The summed E-state index contributed by atoms with van der Waals surface area (Å²) in [5, 5.41) is 0. The summed E-state index contributed by atoms with van der Waals surface area (Å²) in [5.74, 6) is -0.456. The Bertz CT molecular complexity index is 1100. The van der Waals surface area contributed by atoms with Gasteiger partial charge in [0.15, 0.2) is 0 Å². The minimum absolute atomic E-state index is 0.0769. The summed E-state index contributed by atoms with van der Waals surface area (Å²) in [6, 6.07) is 12.4. The molecule has 3 rings (SSSR count). The Labute approximate surface area is 158 Å². The van der Waals surface area contributed by atoms with Gasteiger partial charge in [0.05, 0.1) is 4.90 Å². The van der Waals surface area contributed by atoms with Gasteiger partial charge in [-0.25, -0.2) is 16.8 Å². The van der Waals surface area contributed by atoms with Crippen LogP contribution in [0.15, 0.2) is 59.6 Å². The molecule has 27 heavy (non-hydrogen) atoms. The first kappa shape index (κ1) is 19.0. The highest BCUT2D eigenvalue weighted by atomic mass is 32.2. The van der Waals surface area contributed by atoms with Crippen LogP contribution >= 0.6 is 0 Å². The number of halogens is 1. The predicted octanol–water partition coefficient (Wildman–Crippen LogP) is 4.28. The summed E-state index contributed by atoms with van der Waals surface area (Å²) in [4.78, 5) is 11.9. The highest BCUT2D eigenvalue weighted by Crippen LogP contribution is 2.31. The van der Waals surface area contributed by atoms with E-state index in [4.69, 9.17) is 0 Å². The van der Waals surface area contributed by atoms with E-state index in [-0.39, 0.29) is 22.9 Å². The van der Waals surface area contributed by atoms with Gasteiger partial charge in [0.25, 0.3) is 10.0 Å². The molecule has 0 amide bonds. The zero-order valence-corrected chi connectivity index (χ0v) is 16.2. The maximum absolute atomic E-state index is 13.3. The average Bonchev–Trinajstić information content (AvgIpc) is 2.93. The molecule has 0 spiro atoms. The third kappa shape index (κ3) is 3.71. The first-order valence-corrected chi connectivity index (χ1v) is 9.92. The van der Waals surface area contributed by atoms with Crippen LogP contribution in [0.4, 0.5) is 4.39 Å². The summed E-state index contributed by atoms with van der Waals surface area (Å²) < 4.78 is 40.7. The van der Waals surface area contributed by atoms with Crippen LogP contribution in [0.3, 0.4) is 0 Å². The maximum Gasteiger partial charge on any atom is 0.267 e. The Morgan fingerprint density at radius 3 is 2.15 bits per heavy atom. The molecule has 1 aromatic heterocycles. The van der Waals surface area contributed by atoms with Crippen molar-refractivity contribution in [2.45, 2.75) is 32.1 Å². The molecule has 0 bridgehead atoms. The molecule has 3 aromatic rings. The molecule has 4 nitrogen and oxygen atoms in total. The Kier molecular flexibility index (Phi) is 5.02. The number of aromatic nitrogens is 1. The van der Waals surface area contributed by atoms with E-state index in [1.165, 1.54) is 29.2 Å². The molecule has 0 saturated carbocycles. The fourth-order valence-electron chi connectivity index (χ4n) is 3.04. The second-order valence-corrected chi connectivity index (χ2v) is 8.42. The highest BCUT2D eigenvalue weighted by Gasteiger charge is 2.24. The number of ketones is 1. The fraction of sp³-hybridized carbons (Fsp3) is 0.190. The minimum Gasteiger partial charge on any atom is -0.300 e. The van der Waals surface area contributed by atoms with Crippen LogP contribution in [0, 0.1) is 19.7 Å². The maximum atomic E-state index is 13.3. The molecule has 2 aromatic carbocycles. The number of hydrogen-bond acceptors (Lipinski definition) is 3. The molecule has 0 aliphatic rings. The standard InChI is InChI=1S/C21H20FNO3S/c1-14-4-10-19(11-5-14)27(25,26)23-13-21(17-6-8-18(22)9-7-17)20(16(23)3)12-15(2)24/h4-11,13H,12H2,1-3H3. The molecule has 0 atom stereocenters. The Morgan fingerprint density at radius 2 is 1.59 bits per heavy atom. The van der Waals surface area contributed by atoms with E-state index in [0.717, 1.165) is 5.56 Å². The molecule has 0 aliphatic carbocycles. The number of carbonyl (C=O) groups is 1. The van der Waals surface area contributed by atoms with Crippen molar-refractivity contribution in [2.75, 3.05) is 0 Å². The Balaban J connectivity index is 2.21. The molecule has 140 valence electrons. The lowest BCUT2D eigenvalue weighted by Gasteiger charge is -2.09. The molecule has 0 aliphatic heterocycles. The fourth-order valence-corrected chi connectivity index (χ4v) is 4.47. The van der Waals surface area contributed by atoms with E-state index in [1.807, 2.05) is 6.92 Å². The third-order valence-corrected chi connectivity index (χ3v) is 6.26. The second kappa shape index (κ2) is 7.12. The average molecular weight is 385 g/mol. The number of carbonyl (C=O) groups excluding carboxylic acids is 1. The van der Waals surface area contributed by atoms with Gasteiger partial charge in [0, 0.05) is 23.9 Å². The number of nitrogens with zero attached hydrogens (tertiary/aromatic N) is 1. The molecule has 0 unspecified atom stereocenters. The highest BCUT2D eigenvalue weighted by molar-refractivity contribution is 7.90. The summed E-state index contributed by atoms with van der Waals surface area (Å²) in [6.45, 7) is 5.02. The first-order valence-electron chi connectivity index (χ1n) is 8.48. The smallest absolute Gasteiger partial charge is 0.267 e. The summed E-state index contributed by atoms with van der Waals surface area (Å²) >= 11 is 0. The van der Waals surface area contributed by atoms with Crippen molar-refractivity contribution in [2.24, 2.45) is 0 Å². The van der Waals surface area contributed by atoms with E-state index in [9.17, 15) is 17.6 Å². The van der Waals surface area contributed by atoms with E-state index >= 15 is 0 Å². The molecule has 0 saturated heterocycles. The van der Waals surface area contributed by atoms with Crippen molar-refractivity contribution in [3.63, 3.8) is 0 Å². The van der Waals surface area contributed by atoms with Gasteiger partial charge in [-0.05, 0) is 56.2 Å². The van der Waals surface area contributed by atoms with Crippen molar-refractivity contribution in [3.8, 4) is 11.1 Å². The van der Waals surface area contributed by atoms with Crippen LogP contribution in [-0.2, 0) is 21.2 Å². The number of hydrogen-bond donors (Lipinski definition) is 0. The lowest BCUT2D eigenvalue weighted by atomic mass is 9.99. The first-order chi connectivity index (χ1) is 12.7. The summed E-state index contributed by atoms with van der Waals surface area (Å²) in [5.41, 5.74) is 3.34. The molecule has 0 fully saturated rings. The minimum atomic E-state index is -3.81. The van der Waals surface area contributed by atoms with Gasteiger partial charge in [0.2, 0.25) is 0 Å². The van der Waals surface area contributed by atoms with E-state index in [1.54, 1.807) is 43.3 Å². The van der Waals surface area contributed by atoms with E-state index < -0.39 is 10.0 Å². The molecule has 0 N–H and O–H groups in total. The van der Waals surface area contributed by atoms with Gasteiger partial charge in [0.1, 0.15) is 11.6 Å². The summed E-state index contributed by atoms with van der Waals surface area (Å²) in [6.07, 6.45) is 1.62. The Morgan fingerprint density at radius 1 is 1.00 bits per heavy atom. The van der Waals surface area contributed by atoms with Crippen LogP contribution in [0.1, 0.15) is 23.7 Å². The SMILES string of the molecule is CC(=O)Cc1c(-c2ccc(F)cc2)cn(S(=O)(=O)c2ccc(C)cc2)c1C. The zero-order valence-electron chi connectivity index (χ0n) is 15.4. The van der Waals surface area contributed by atoms with Crippen molar-refractivity contribution in [3.05, 3.63) is 77.4 Å². The summed E-state index contributed by atoms with van der Waals surface area (Å²) in [7, 11) is -3.81. The molecular formula is C21H20FNO3S. The quantitative estimate of drug-likeness (QED) is 0.659. The van der Waals surface area contributed by atoms with Crippen molar-refractivity contribution < 1.29 is 17.6 Å². The topological polar surface area (TPSA) is 56.1 Å². The largest absolute Gasteiger partial charge is 0.300 e. The van der Waals surface area contributed by atoms with Gasteiger partial charge in [-0.1, -0.05) is 29.8 Å². The van der Waals surface area contributed by atoms with Crippen molar-refractivity contribution >= 4 is 15.8 Å². The number of rotatable bonds is 5. The van der Waals surface area contributed by atoms with E-state index in [0.29, 0.717) is 22.4 Å². The van der Waals surface area contributed by atoms with Crippen LogP contribution in [-0.4, -0.2) is 18.2 Å². The van der Waals surface area contributed by atoms with Gasteiger partial charge >= 0.3 is 0 Å². The zero-order chi connectivity index (χ0) is 19.8. The number of Topliss-reactive ketones (excluding diaryl/α,β-unsaturated/α-hetero) is 1. The van der Waals surface area contributed by atoms with Gasteiger partial charge < -0.3 is 0 Å². The van der Waals surface area contributed by atoms with Crippen LogP contribution < -0.4 is 0 Å². The van der Waals surface area contributed by atoms with Crippen LogP contribution in [0.2, 0.25) is 0 Å². The van der Waals surface area contributed by atoms with Crippen LogP contribution in [0.25, 0.3) is 11.1 Å². The second-order valence-electron chi connectivity index (χ2n) is 6.61. The van der Waals surface area contributed by atoms with Crippen molar-refractivity contribution in [1.82, 2.24) is 3.97 Å². The molecule has 6 heteroatoms. The van der Waals surface area contributed by atoms with Crippen molar-refractivity contribution in [1.29, 1.82) is 0 Å². The Hall–Kier alpha value is -2.73. The predicted molar refractivity (Wildman–Crippen MR) is 103 cm³/mol. The van der Waals surface area contributed by atoms with Gasteiger partial charge in [-0.15, -0.1) is 0 Å². The third-order valence-electron chi connectivity index (χ3n) is 4.50. The molecule has 1 heterocycles. The molecule has 0 radical (unpaired) electrons. The molecular weight excluding hydrogens is 365 g/mol. The monoisotopic (exact) mass is 385 g/mol. The van der Waals surface area contributed by atoms with E-state index in [2.05, 4.69) is 0 Å². The normalized spacial score (nSPS) is 11.6. The van der Waals surface area contributed by atoms with Gasteiger partial charge in [-0.3, -0.25) is 4.79 Å². The lowest BCUT2D eigenvalue weighted by Crippen LogP contribution is -2.14. The lowest BCUT2D eigenvalue weighted by molar-refractivity contribution is -0.116. The number of aryl methyl sites for hydroxylation is 1. The van der Waals surface area contributed by atoms with Gasteiger partial charge in [-0.2, -0.15) is 0 Å². The van der Waals surface area contributed by atoms with Crippen LogP contribution in [0.5, 0.6) is 0 Å².